The maximum absolute atomic E-state index is 11.5. The van der Waals surface area contributed by atoms with Gasteiger partial charge in [-0.25, -0.2) is 0 Å². The third-order valence-corrected chi connectivity index (χ3v) is 3.90. The van der Waals surface area contributed by atoms with Crippen LogP contribution in [0.5, 0.6) is 0 Å². The second-order valence-corrected chi connectivity index (χ2v) is 5.29. The van der Waals surface area contributed by atoms with Crippen molar-refractivity contribution in [1.29, 1.82) is 0 Å². The van der Waals surface area contributed by atoms with Crippen LogP contribution in [0.2, 0.25) is 0 Å². The van der Waals surface area contributed by atoms with Crippen LogP contribution < -0.4 is 10.6 Å². The lowest BCUT2D eigenvalue weighted by atomic mass is 10.3. The molecule has 1 heterocycles. The summed E-state index contributed by atoms with van der Waals surface area (Å²) < 4.78 is 0.938. The maximum Gasteiger partial charge on any atom is 0.261 e. The van der Waals surface area contributed by atoms with Gasteiger partial charge < -0.3 is 10.6 Å². The molecule has 4 nitrogen and oxygen atoms in total. The topological polar surface area (TPSA) is 58.2 Å². The van der Waals surface area contributed by atoms with Crippen LogP contribution >= 0.6 is 27.3 Å². The quantitative estimate of drug-likeness (QED) is 0.882. The third kappa shape index (κ3) is 3.32. The minimum absolute atomic E-state index is 0.00387. The molecule has 1 aromatic heterocycles. The van der Waals surface area contributed by atoms with Crippen LogP contribution in [0.3, 0.4) is 0 Å². The SMILES string of the molecule is CNC(=O)CNC(=O)c1cc(C)c(Br)s1. The van der Waals surface area contributed by atoms with E-state index in [0.717, 1.165) is 9.35 Å². The van der Waals surface area contributed by atoms with E-state index in [4.69, 9.17) is 0 Å². The van der Waals surface area contributed by atoms with E-state index in [2.05, 4.69) is 26.6 Å². The lowest BCUT2D eigenvalue weighted by molar-refractivity contribution is -0.119. The average molecular weight is 291 g/mol. The summed E-state index contributed by atoms with van der Waals surface area (Å²) in [6, 6.07) is 1.79. The molecule has 0 bridgehead atoms. The van der Waals surface area contributed by atoms with Crippen LogP contribution in [0.1, 0.15) is 15.2 Å². The van der Waals surface area contributed by atoms with Gasteiger partial charge in [0, 0.05) is 7.05 Å². The van der Waals surface area contributed by atoms with Gasteiger partial charge in [-0.05, 0) is 34.5 Å². The molecule has 0 fully saturated rings. The van der Waals surface area contributed by atoms with Crippen molar-refractivity contribution >= 4 is 39.1 Å². The molecule has 0 saturated heterocycles. The van der Waals surface area contributed by atoms with Crippen molar-refractivity contribution in [2.45, 2.75) is 6.92 Å². The van der Waals surface area contributed by atoms with Crippen molar-refractivity contribution in [1.82, 2.24) is 10.6 Å². The zero-order chi connectivity index (χ0) is 11.4. The fourth-order valence-electron chi connectivity index (χ4n) is 0.908. The van der Waals surface area contributed by atoms with Gasteiger partial charge >= 0.3 is 0 Å². The first-order valence-corrected chi connectivity index (χ1v) is 5.90. The highest BCUT2D eigenvalue weighted by Gasteiger charge is 2.11. The Morgan fingerprint density at radius 2 is 2.20 bits per heavy atom. The molecule has 0 radical (unpaired) electrons. The minimum Gasteiger partial charge on any atom is -0.358 e. The Morgan fingerprint density at radius 1 is 1.53 bits per heavy atom. The zero-order valence-electron chi connectivity index (χ0n) is 8.39. The minimum atomic E-state index is -0.225. The molecule has 0 atom stereocenters. The summed E-state index contributed by atoms with van der Waals surface area (Å²) >= 11 is 4.69. The number of rotatable bonds is 3. The van der Waals surface area contributed by atoms with Crippen molar-refractivity contribution in [2.75, 3.05) is 13.6 Å². The fourth-order valence-corrected chi connectivity index (χ4v) is 2.36. The van der Waals surface area contributed by atoms with E-state index in [0.29, 0.717) is 4.88 Å². The van der Waals surface area contributed by atoms with Crippen molar-refractivity contribution in [3.05, 3.63) is 20.3 Å². The molecule has 0 aliphatic heterocycles. The Kier molecular flexibility index (Phi) is 4.28. The zero-order valence-corrected chi connectivity index (χ0v) is 10.8. The summed E-state index contributed by atoms with van der Waals surface area (Å²) in [5.74, 6) is -0.437. The lowest BCUT2D eigenvalue weighted by Crippen LogP contribution is -2.34. The van der Waals surface area contributed by atoms with Crippen LogP contribution in [0.4, 0.5) is 0 Å². The van der Waals surface area contributed by atoms with Crippen molar-refractivity contribution in [3.8, 4) is 0 Å². The second-order valence-electron chi connectivity index (χ2n) is 2.92. The van der Waals surface area contributed by atoms with Crippen molar-refractivity contribution in [3.63, 3.8) is 0 Å². The van der Waals surface area contributed by atoms with Crippen LogP contribution in [0, 0.1) is 6.92 Å². The van der Waals surface area contributed by atoms with E-state index in [9.17, 15) is 9.59 Å². The predicted molar refractivity (Wildman–Crippen MR) is 63.2 cm³/mol. The van der Waals surface area contributed by atoms with E-state index in [1.807, 2.05) is 6.92 Å². The number of amides is 2. The van der Waals surface area contributed by atoms with Gasteiger partial charge in [-0.15, -0.1) is 11.3 Å². The first-order valence-electron chi connectivity index (χ1n) is 4.29. The number of thiophene rings is 1. The number of hydrogen-bond donors (Lipinski definition) is 2. The summed E-state index contributed by atoms with van der Waals surface area (Å²) in [4.78, 5) is 23.0. The van der Waals surface area contributed by atoms with Gasteiger partial charge in [0.05, 0.1) is 15.2 Å². The Morgan fingerprint density at radius 3 is 2.67 bits per heavy atom. The van der Waals surface area contributed by atoms with Crippen LogP contribution in [-0.2, 0) is 4.79 Å². The molecular weight excluding hydrogens is 280 g/mol. The molecule has 6 heteroatoms. The van der Waals surface area contributed by atoms with Crippen LogP contribution in [0.25, 0.3) is 0 Å². The number of halogens is 1. The van der Waals surface area contributed by atoms with Gasteiger partial charge in [-0.1, -0.05) is 0 Å². The standard InChI is InChI=1S/C9H11BrN2O2S/c1-5-3-6(15-8(5)10)9(14)12-4-7(13)11-2/h3H,4H2,1-2H3,(H,11,13)(H,12,14). The Bertz CT molecular complexity index is 370. The Hall–Kier alpha value is -0.880. The lowest BCUT2D eigenvalue weighted by Gasteiger charge is -2.01. The number of nitrogens with one attached hydrogen (secondary N) is 2. The van der Waals surface area contributed by atoms with Gasteiger partial charge in [-0.3, -0.25) is 9.59 Å². The highest BCUT2D eigenvalue weighted by Crippen LogP contribution is 2.26. The Labute approximate surface area is 100 Å². The summed E-state index contributed by atoms with van der Waals surface area (Å²) in [6.07, 6.45) is 0. The number of hydrogen-bond acceptors (Lipinski definition) is 3. The highest BCUT2D eigenvalue weighted by atomic mass is 79.9. The first kappa shape index (κ1) is 12.2. The smallest absolute Gasteiger partial charge is 0.261 e. The Balaban J connectivity index is 2.58. The second kappa shape index (κ2) is 5.27. The highest BCUT2D eigenvalue weighted by molar-refractivity contribution is 9.11. The van der Waals surface area contributed by atoms with Gasteiger partial charge in [-0.2, -0.15) is 0 Å². The molecular formula is C9H11BrN2O2S. The maximum atomic E-state index is 11.5. The van der Waals surface area contributed by atoms with E-state index >= 15 is 0 Å². The first-order chi connectivity index (χ1) is 7.04. The summed E-state index contributed by atoms with van der Waals surface area (Å²) in [7, 11) is 1.53. The van der Waals surface area contributed by atoms with E-state index in [1.165, 1.54) is 18.4 Å². The van der Waals surface area contributed by atoms with Gasteiger partial charge in [0.2, 0.25) is 5.91 Å². The molecule has 0 saturated carbocycles. The van der Waals surface area contributed by atoms with Gasteiger partial charge in [0.1, 0.15) is 0 Å². The summed E-state index contributed by atoms with van der Waals surface area (Å²) in [6.45, 7) is 1.92. The molecule has 15 heavy (non-hydrogen) atoms. The fraction of sp³-hybridized carbons (Fsp3) is 0.333. The molecule has 0 unspecified atom stereocenters. The van der Waals surface area contributed by atoms with Crippen LogP contribution in [0.15, 0.2) is 9.85 Å². The normalized spacial score (nSPS) is 9.80. The summed E-state index contributed by atoms with van der Waals surface area (Å²) in [5.41, 5.74) is 1.02. The number of likely N-dealkylation sites (N-methyl/N-ethyl adjacent to an activating group) is 1. The molecule has 0 aromatic carbocycles. The molecule has 1 rings (SSSR count). The van der Waals surface area contributed by atoms with Gasteiger partial charge in [0.25, 0.3) is 5.91 Å². The van der Waals surface area contributed by atoms with E-state index in [-0.39, 0.29) is 18.4 Å². The molecule has 0 aliphatic carbocycles. The molecule has 0 spiro atoms. The van der Waals surface area contributed by atoms with E-state index < -0.39 is 0 Å². The summed E-state index contributed by atoms with van der Waals surface area (Å²) in [5, 5.41) is 4.96. The number of carbonyl (C=O) groups excluding carboxylic acids is 2. The molecule has 1 aromatic rings. The van der Waals surface area contributed by atoms with Crippen LogP contribution in [-0.4, -0.2) is 25.4 Å². The van der Waals surface area contributed by atoms with Gasteiger partial charge in [0.15, 0.2) is 0 Å². The number of carbonyl (C=O) groups is 2. The van der Waals surface area contributed by atoms with E-state index in [1.54, 1.807) is 6.07 Å². The third-order valence-electron chi connectivity index (χ3n) is 1.77. The molecule has 2 N–H and O–H groups in total. The predicted octanol–water partition coefficient (Wildman–Crippen LogP) is 1.29. The monoisotopic (exact) mass is 290 g/mol. The number of aryl methyl sites for hydroxylation is 1. The van der Waals surface area contributed by atoms with Crippen molar-refractivity contribution in [2.24, 2.45) is 0 Å². The van der Waals surface area contributed by atoms with Crippen molar-refractivity contribution < 1.29 is 9.59 Å². The largest absolute Gasteiger partial charge is 0.358 e. The molecule has 0 aliphatic rings. The molecule has 2 amide bonds. The molecule has 82 valence electrons. The average Bonchev–Trinajstić information content (AvgIpc) is 2.55.